The zero-order chi connectivity index (χ0) is 16.8. The van der Waals surface area contributed by atoms with E-state index in [-0.39, 0.29) is 12.8 Å². The molecule has 1 fully saturated rings. The molecule has 0 heterocycles. The molecule has 3 amide bonds. The number of alkyl halides is 3. The van der Waals surface area contributed by atoms with E-state index < -0.39 is 42.8 Å². The van der Waals surface area contributed by atoms with Crippen molar-refractivity contribution < 1.29 is 37.4 Å². The van der Waals surface area contributed by atoms with Gasteiger partial charge in [-0.15, -0.1) is 0 Å². The third kappa shape index (κ3) is 6.29. The third-order valence-electron chi connectivity index (χ3n) is 3.10. The average molecular weight is 326 g/mol. The fraction of sp³-hybridized carbons (Fsp3) is 0.750. The highest BCUT2D eigenvalue weighted by Crippen LogP contribution is 2.28. The summed E-state index contributed by atoms with van der Waals surface area (Å²) in [5.41, 5.74) is -1.64. The number of carbonyl (C=O) groups excluding carboxylic acids is 3. The zero-order valence-electron chi connectivity index (χ0n) is 11.7. The molecule has 126 valence electrons. The number of hydrogen-bond acceptors (Lipinski definition) is 5. The van der Waals surface area contributed by atoms with Gasteiger partial charge < -0.3 is 15.2 Å². The maximum Gasteiger partial charge on any atom is 0.405 e. The molecule has 0 aromatic rings. The predicted octanol–water partition coefficient (Wildman–Crippen LogP) is 0.613. The lowest BCUT2D eigenvalue weighted by Gasteiger charge is -2.29. The van der Waals surface area contributed by atoms with Crippen molar-refractivity contribution in [2.24, 2.45) is 0 Å². The second-order valence-corrected chi connectivity index (χ2v) is 5.01. The second kappa shape index (κ2) is 7.43. The monoisotopic (exact) mass is 326 g/mol. The van der Waals surface area contributed by atoms with Crippen LogP contribution in [0.2, 0.25) is 0 Å². The molecule has 0 unspecified atom stereocenters. The summed E-state index contributed by atoms with van der Waals surface area (Å²) in [7, 11) is 0. The van der Waals surface area contributed by atoms with Crippen LogP contribution in [0.25, 0.3) is 0 Å². The number of halogens is 3. The van der Waals surface area contributed by atoms with Gasteiger partial charge in [-0.05, 0) is 25.7 Å². The number of rotatable bonds is 4. The Kier molecular flexibility index (Phi) is 6.15. The van der Waals surface area contributed by atoms with Gasteiger partial charge in [-0.3, -0.25) is 10.1 Å². The van der Waals surface area contributed by atoms with Gasteiger partial charge in [-0.25, -0.2) is 9.59 Å². The number of ether oxygens (including phenoxy) is 1. The fourth-order valence-electron chi connectivity index (χ4n) is 1.99. The number of esters is 1. The van der Waals surface area contributed by atoms with Gasteiger partial charge in [0, 0.05) is 0 Å². The molecule has 0 aromatic carbocycles. The number of imide groups is 1. The number of carbonyl (C=O) groups is 3. The Balaban J connectivity index is 2.30. The molecule has 0 radical (unpaired) electrons. The van der Waals surface area contributed by atoms with Crippen molar-refractivity contribution in [1.82, 2.24) is 10.6 Å². The van der Waals surface area contributed by atoms with Gasteiger partial charge in [0.2, 0.25) is 0 Å². The van der Waals surface area contributed by atoms with Crippen molar-refractivity contribution in [2.45, 2.75) is 43.9 Å². The summed E-state index contributed by atoms with van der Waals surface area (Å²) in [6, 6.07) is -1.35. The summed E-state index contributed by atoms with van der Waals surface area (Å²) < 4.78 is 40.1. The fourth-order valence-corrected chi connectivity index (χ4v) is 1.99. The van der Waals surface area contributed by atoms with Gasteiger partial charge in [-0.2, -0.15) is 13.2 Å². The highest BCUT2D eigenvalue weighted by atomic mass is 19.4. The first-order valence-corrected chi connectivity index (χ1v) is 6.66. The molecule has 7 nitrogen and oxygen atoms in total. The van der Waals surface area contributed by atoms with E-state index in [9.17, 15) is 32.7 Å². The smallest absolute Gasteiger partial charge is 0.405 e. The summed E-state index contributed by atoms with van der Waals surface area (Å²) in [4.78, 5) is 33.9. The number of nitrogens with one attached hydrogen (secondary N) is 2. The van der Waals surface area contributed by atoms with E-state index in [2.05, 4.69) is 4.74 Å². The molecule has 1 rings (SSSR count). The molecule has 1 aliphatic rings. The Bertz CT molecular complexity index is 433. The summed E-state index contributed by atoms with van der Waals surface area (Å²) >= 11 is 0. The van der Waals surface area contributed by atoms with E-state index in [1.54, 1.807) is 5.32 Å². The van der Waals surface area contributed by atoms with Crippen LogP contribution < -0.4 is 10.6 Å². The van der Waals surface area contributed by atoms with E-state index in [1.807, 2.05) is 0 Å². The van der Waals surface area contributed by atoms with Crippen molar-refractivity contribution in [2.75, 3.05) is 13.2 Å². The molecule has 0 aromatic heterocycles. The lowest BCUT2D eigenvalue weighted by atomic mass is 9.85. The topological polar surface area (TPSA) is 105 Å². The molecule has 0 bridgehead atoms. The standard InChI is InChI=1S/C12H17F3N2O5/c13-12(14,15)7-16-10(20)17-8(18)6-22-9(19)11(21)4-2-1-3-5-11/h21H,1-7H2,(H2,16,17,18,20). The minimum atomic E-state index is -4.60. The molecule has 1 aliphatic carbocycles. The van der Waals surface area contributed by atoms with Crippen LogP contribution >= 0.6 is 0 Å². The minimum absolute atomic E-state index is 0.222. The van der Waals surface area contributed by atoms with E-state index in [1.165, 1.54) is 5.32 Å². The highest BCUT2D eigenvalue weighted by molar-refractivity contribution is 5.95. The quantitative estimate of drug-likeness (QED) is 0.657. The highest BCUT2D eigenvalue weighted by Gasteiger charge is 2.39. The van der Waals surface area contributed by atoms with Crippen LogP contribution in [0.1, 0.15) is 32.1 Å². The average Bonchev–Trinajstić information content (AvgIpc) is 2.42. The van der Waals surface area contributed by atoms with Crippen LogP contribution in [0, 0.1) is 0 Å². The van der Waals surface area contributed by atoms with Crippen molar-refractivity contribution in [1.29, 1.82) is 0 Å². The molecule has 0 atom stereocenters. The van der Waals surface area contributed by atoms with Gasteiger partial charge in [0.15, 0.2) is 12.2 Å². The first kappa shape index (κ1) is 18.2. The Morgan fingerprint density at radius 2 is 1.73 bits per heavy atom. The van der Waals surface area contributed by atoms with Crippen LogP contribution in [0.4, 0.5) is 18.0 Å². The molecule has 0 spiro atoms. The lowest BCUT2D eigenvalue weighted by molar-refractivity contribution is -0.170. The van der Waals surface area contributed by atoms with Crippen LogP contribution in [0.3, 0.4) is 0 Å². The number of aliphatic hydroxyl groups is 1. The first-order valence-electron chi connectivity index (χ1n) is 6.66. The molecular formula is C12H17F3N2O5. The van der Waals surface area contributed by atoms with Crippen molar-refractivity contribution >= 4 is 17.9 Å². The van der Waals surface area contributed by atoms with Gasteiger partial charge in [0.05, 0.1) is 0 Å². The van der Waals surface area contributed by atoms with Crippen LogP contribution in [-0.2, 0) is 14.3 Å². The summed E-state index contributed by atoms with van der Waals surface area (Å²) in [6.07, 6.45) is -1.97. The van der Waals surface area contributed by atoms with Gasteiger partial charge in [0.1, 0.15) is 6.54 Å². The zero-order valence-corrected chi connectivity index (χ0v) is 11.7. The number of amides is 3. The second-order valence-electron chi connectivity index (χ2n) is 5.01. The summed E-state index contributed by atoms with van der Waals surface area (Å²) in [5.74, 6) is -2.06. The van der Waals surface area contributed by atoms with E-state index in [0.29, 0.717) is 12.8 Å². The largest absolute Gasteiger partial charge is 0.453 e. The summed E-state index contributed by atoms with van der Waals surface area (Å²) in [5, 5.41) is 13.0. The molecule has 10 heteroatoms. The Morgan fingerprint density at radius 1 is 1.14 bits per heavy atom. The van der Waals surface area contributed by atoms with Gasteiger partial charge >= 0.3 is 18.2 Å². The molecular weight excluding hydrogens is 309 g/mol. The lowest BCUT2D eigenvalue weighted by Crippen LogP contribution is -2.46. The van der Waals surface area contributed by atoms with E-state index in [0.717, 1.165) is 6.42 Å². The Labute approximate surface area is 124 Å². The van der Waals surface area contributed by atoms with E-state index >= 15 is 0 Å². The molecule has 1 saturated carbocycles. The maximum absolute atomic E-state index is 11.8. The molecule has 0 saturated heterocycles. The predicted molar refractivity (Wildman–Crippen MR) is 66.6 cm³/mol. The van der Waals surface area contributed by atoms with Crippen molar-refractivity contribution in [3.63, 3.8) is 0 Å². The van der Waals surface area contributed by atoms with Crippen molar-refractivity contribution in [3.8, 4) is 0 Å². The van der Waals surface area contributed by atoms with Gasteiger partial charge in [0.25, 0.3) is 5.91 Å². The Morgan fingerprint density at radius 3 is 2.27 bits per heavy atom. The van der Waals surface area contributed by atoms with Crippen molar-refractivity contribution in [3.05, 3.63) is 0 Å². The maximum atomic E-state index is 11.8. The van der Waals surface area contributed by atoms with Gasteiger partial charge in [-0.1, -0.05) is 6.42 Å². The normalized spacial score (nSPS) is 17.5. The Hall–Kier alpha value is -1.84. The van der Waals surface area contributed by atoms with Crippen LogP contribution in [0.5, 0.6) is 0 Å². The SMILES string of the molecule is O=C(COC(=O)C1(O)CCCCC1)NC(=O)NCC(F)(F)F. The molecule has 0 aliphatic heterocycles. The molecule has 3 N–H and O–H groups in total. The minimum Gasteiger partial charge on any atom is -0.453 e. The molecule has 22 heavy (non-hydrogen) atoms. The van der Waals surface area contributed by atoms with E-state index in [4.69, 9.17) is 0 Å². The van der Waals surface area contributed by atoms with Crippen LogP contribution in [-0.4, -0.2) is 47.9 Å². The van der Waals surface area contributed by atoms with Crippen LogP contribution in [0.15, 0.2) is 0 Å². The summed E-state index contributed by atoms with van der Waals surface area (Å²) in [6.45, 7) is -2.45. The number of urea groups is 1. The first-order chi connectivity index (χ1) is 10.1. The number of hydrogen-bond donors (Lipinski definition) is 3. The third-order valence-corrected chi connectivity index (χ3v) is 3.10.